The van der Waals surface area contributed by atoms with Gasteiger partial charge in [0.1, 0.15) is 0 Å². The van der Waals surface area contributed by atoms with Gasteiger partial charge < -0.3 is 15.7 Å². The number of aromatic carboxylic acids is 1. The second-order valence-corrected chi connectivity index (χ2v) is 6.78. The van der Waals surface area contributed by atoms with Crippen molar-refractivity contribution in [1.82, 2.24) is 5.32 Å². The van der Waals surface area contributed by atoms with Crippen molar-refractivity contribution in [3.63, 3.8) is 0 Å². The number of sulfone groups is 1. The molecule has 1 atom stereocenters. The van der Waals surface area contributed by atoms with Crippen molar-refractivity contribution in [3.05, 3.63) is 29.8 Å². The Balaban J connectivity index is 2.01. The second-order valence-electron chi connectivity index (χ2n) is 4.55. The zero-order chi connectivity index (χ0) is 14.8. The van der Waals surface area contributed by atoms with Crippen molar-refractivity contribution in [2.75, 3.05) is 16.8 Å². The lowest BCUT2D eigenvalue weighted by atomic mass is 10.2. The van der Waals surface area contributed by atoms with Crippen molar-refractivity contribution in [3.8, 4) is 0 Å². The number of rotatable bonds is 3. The molecule has 0 radical (unpaired) electrons. The number of carbonyl (C=O) groups is 2. The van der Waals surface area contributed by atoms with Crippen molar-refractivity contribution < 1.29 is 23.1 Å². The van der Waals surface area contributed by atoms with E-state index in [1.54, 1.807) is 12.1 Å². The highest BCUT2D eigenvalue weighted by Gasteiger charge is 2.29. The molecule has 0 saturated carbocycles. The summed E-state index contributed by atoms with van der Waals surface area (Å²) in [5, 5.41) is 13.9. The smallest absolute Gasteiger partial charge is 0.337 e. The maximum atomic E-state index is 11.7. The predicted octanol–water partition coefficient (Wildman–Crippen LogP) is 0.693. The van der Waals surface area contributed by atoms with Crippen LogP contribution in [0.4, 0.5) is 10.5 Å². The average Bonchev–Trinajstić information content (AvgIpc) is 2.68. The van der Waals surface area contributed by atoms with Gasteiger partial charge in [-0.05, 0) is 18.6 Å². The van der Waals surface area contributed by atoms with Gasteiger partial charge in [0.25, 0.3) is 0 Å². The molecule has 1 aromatic carbocycles. The molecule has 3 N–H and O–H groups in total. The number of carboxylic acid groups (broad SMARTS) is 1. The minimum atomic E-state index is -3.07. The lowest BCUT2D eigenvalue weighted by molar-refractivity contribution is 0.0698. The largest absolute Gasteiger partial charge is 0.478 e. The molecular weight excluding hydrogens is 284 g/mol. The third-order valence-electron chi connectivity index (χ3n) is 2.97. The summed E-state index contributed by atoms with van der Waals surface area (Å²) in [6, 6.07) is 4.95. The van der Waals surface area contributed by atoms with E-state index in [1.807, 2.05) is 0 Å². The molecule has 1 aromatic rings. The van der Waals surface area contributed by atoms with Crippen LogP contribution in [0.25, 0.3) is 0 Å². The van der Waals surface area contributed by atoms with Crippen molar-refractivity contribution in [2.45, 2.75) is 12.5 Å². The van der Waals surface area contributed by atoms with Crippen LogP contribution in [0, 0.1) is 0 Å². The first kappa shape index (κ1) is 14.3. The Hall–Kier alpha value is -2.09. The maximum Gasteiger partial charge on any atom is 0.337 e. The summed E-state index contributed by atoms with van der Waals surface area (Å²) in [4.78, 5) is 22.7. The standard InChI is InChI=1S/C12H14N2O5S/c15-11(16)9-3-1-2-4-10(9)14-12(17)13-8-5-6-20(18,19)7-8/h1-4,8H,5-7H2,(H,15,16)(H2,13,14,17). The number of carboxylic acids is 1. The van der Waals surface area contributed by atoms with Crippen LogP contribution in [0.5, 0.6) is 0 Å². The van der Waals surface area contributed by atoms with Crippen LogP contribution in [-0.4, -0.2) is 43.1 Å². The fraction of sp³-hybridized carbons (Fsp3) is 0.333. The molecule has 1 fully saturated rings. The van der Waals surface area contributed by atoms with Crippen LogP contribution in [0.15, 0.2) is 24.3 Å². The molecule has 1 saturated heterocycles. The van der Waals surface area contributed by atoms with E-state index in [4.69, 9.17) is 5.11 Å². The molecule has 7 nitrogen and oxygen atoms in total. The highest BCUT2D eigenvalue weighted by molar-refractivity contribution is 7.91. The molecule has 1 heterocycles. The molecule has 0 bridgehead atoms. The Kier molecular flexibility index (Phi) is 3.93. The minimum absolute atomic E-state index is 0.0262. The Bertz CT molecular complexity index is 641. The van der Waals surface area contributed by atoms with Gasteiger partial charge in [0.15, 0.2) is 9.84 Å². The third kappa shape index (κ3) is 3.47. The molecule has 1 aliphatic heterocycles. The Morgan fingerprint density at radius 1 is 1.25 bits per heavy atom. The highest BCUT2D eigenvalue weighted by Crippen LogP contribution is 2.15. The van der Waals surface area contributed by atoms with Crippen LogP contribution in [0.1, 0.15) is 16.8 Å². The van der Waals surface area contributed by atoms with Gasteiger partial charge in [-0.25, -0.2) is 18.0 Å². The van der Waals surface area contributed by atoms with Crippen LogP contribution < -0.4 is 10.6 Å². The molecule has 0 aliphatic carbocycles. The Morgan fingerprint density at radius 3 is 2.55 bits per heavy atom. The molecule has 108 valence electrons. The molecule has 2 rings (SSSR count). The fourth-order valence-corrected chi connectivity index (χ4v) is 3.70. The lowest BCUT2D eigenvalue weighted by Gasteiger charge is -2.13. The molecular formula is C12H14N2O5S. The Labute approximate surface area is 115 Å². The van der Waals surface area contributed by atoms with Gasteiger partial charge in [-0.15, -0.1) is 0 Å². The highest BCUT2D eigenvalue weighted by atomic mass is 32.2. The summed E-state index contributed by atoms with van der Waals surface area (Å²) in [5.41, 5.74) is 0.139. The van der Waals surface area contributed by atoms with Gasteiger partial charge in [-0.2, -0.15) is 0 Å². The van der Waals surface area contributed by atoms with E-state index in [0.29, 0.717) is 6.42 Å². The first-order valence-corrected chi connectivity index (χ1v) is 7.80. The average molecular weight is 298 g/mol. The second kappa shape index (κ2) is 5.49. The van der Waals surface area contributed by atoms with Gasteiger partial charge in [-0.3, -0.25) is 0 Å². The van der Waals surface area contributed by atoms with Gasteiger partial charge in [0.05, 0.1) is 22.8 Å². The van der Waals surface area contributed by atoms with Crippen molar-refractivity contribution >= 4 is 27.5 Å². The van der Waals surface area contributed by atoms with Crippen LogP contribution in [0.3, 0.4) is 0 Å². The summed E-state index contributed by atoms with van der Waals surface area (Å²) in [5.74, 6) is -1.17. The molecule has 0 aromatic heterocycles. The first-order valence-electron chi connectivity index (χ1n) is 5.98. The number of hydrogen-bond donors (Lipinski definition) is 3. The zero-order valence-corrected chi connectivity index (χ0v) is 11.3. The van der Waals surface area contributed by atoms with Crippen LogP contribution in [-0.2, 0) is 9.84 Å². The van der Waals surface area contributed by atoms with Crippen molar-refractivity contribution in [2.24, 2.45) is 0 Å². The van der Waals surface area contributed by atoms with E-state index in [2.05, 4.69) is 10.6 Å². The SMILES string of the molecule is O=C(Nc1ccccc1C(=O)O)NC1CCS(=O)(=O)C1. The summed E-state index contributed by atoms with van der Waals surface area (Å²) < 4.78 is 22.5. The monoisotopic (exact) mass is 298 g/mol. The number of para-hydroxylation sites is 1. The van der Waals surface area contributed by atoms with Crippen molar-refractivity contribution in [1.29, 1.82) is 0 Å². The summed E-state index contributed by atoms with van der Waals surface area (Å²) >= 11 is 0. The molecule has 1 unspecified atom stereocenters. The zero-order valence-electron chi connectivity index (χ0n) is 10.5. The number of nitrogens with one attached hydrogen (secondary N) is 2. The molecule has 0 spiro atoms. The molecule has 20 heavy (non-hydrogen) atoms. The molecule has 2 amide bonds. The van der Waals surface area contributed by atoms with Crippen LogP contribution >= 0.6 is 0 Å². The normalized spacial score (nSPS) is 20.3. The number of urea groups is 1. The van der Waals surface area contributed by atoms with E-state index in [9.17, 15) is 18.0 Å². The topological polar surface area (TPSA) is 113 Å². The lowest BCUT2D eigenvalue weighted by Crippen LogP contribution is -2.38. The molecule has 8 heteroatoms. The maximum absolute atomic E-state index is 11.7. The van der Waals surface area contributed by atoms with Crippen LogP contribution in [0.2, 0.25) is 0 Å². The summed E-state index contributed by atoms with van der Waals surface area (Å²) in [6.07, 6.45) is 0.371. The summed E-state index contributed by atoms with van der Waals surface area (Å²) in [7, 11) is -3.07. The Morgan fingerprint density at radius 2 is 1.95 bits per heavy atom. The number of amides is 2. The van der Waals surface area contributed by atoms with Gasteiger partial charge >= 0.3 is 12.0 Å². The van der Waals surface area contributed by atoms with Gasteiger partial charge in [0, 0.05) is 6.04 Å². The predicted molar refractivity (Wildman–Crippen MR) is 72.6 cm³/mol. The van der Waals surface area contributed by atoms with E-state index >= 15 is 0 Å². The van der Waals surface area contributed by atoms with E-state index in [1.165, 1.54) is 12.1 Å². The quantitative estimate of drug-likeness (QED) is 0.760. The number of benzene rings is 1. The van der Waals surface area contributed by atoms with Gasteiger partial charge in [-0.1, -0.05) is 12.1 Å². The fourth-order valence-electron chi connectivity index (χ4n) is 2.03. The third-order valence-corrected chi connectivity index (χ3v) is 4.74. The van der Waals surface area contributed by atoms with E-state index in [0.717, 1.165) is 0 Å². The molecule has 1 aliphatic rings. The number of hydrogen-bond acceptors (Lipinski definition) is 4. The van der Waals surface area contributed by atoms with E-state index in [-0.39, 0.29) is 22.8 Å². The van der Waals surface area contributed by atoms with Gasteiger partial charge in [0.2, 0.25) is 0 Å². The van der Waals surface area contributed by atoms with E-state index < -0.39 is 27.9 Å². The number of carbonyl (C=O) groups excluding carboxylic acids is 1. The summed E-state index contributed by atoms with van der Waals surface area (Å²) in [6.45, 7) is 0. The minimum Gasteiger partial charge on any atom is -0.478 e. The number of anilines is 1. The first-order chi connectivity index (χ1) is 9.37.